The smallest absolute Gasteiger partial charge is 0.0237 e. The van der Waals surface area contributed by atoms with Crippen LogP contribution in [0.4, 0.5) is 0 Å². The molecule has 0 aliphatic heterocycles. The van der Waals surface area contributed by atoms with E-state index < -0.39 is 0 Å². The summed E-state index contributed by atoms with van der Waals surface area (Å²) in [5, 5.41) is 0. The van der Waals surface area contributed by atoms with Crippen LogP contribution in [0.1, 0.15) is 28.7 Å². The quantitative estimate of drug-likeness (QED) is 0.285. The summed E-state index contributed by atoms with van der Waals surface area (Å²) in [7, 11) is 0. The van der Waals surface area contributed by atoms with E-state index in [0.29, 0.717) is 0 Å². The van der Waals surface area contributed by atoms with E-state index >= 15 is 0 Å². The first kappa shape index (κ1) is 20.8. The van der Waals surface area contributed by atoms with Gasteiger partial charge in [-0.1, -0.05) is 127 Å². The fourth-order valence-corrected chi connectivity index (χ4v) is 3.93. The highest BCUT2D eigenvalue weighted by molar-refractivity contribution is 5.79. The van der Waals surface area contributed by atoms with Gasteiger partial charge in [0.15, 0.2) is 0 Å². The van der Waals surface area contributed by atoms with Crippen molar-refractivity contribution in [3.8, 4) is 0 Å². The Morgan fingerprint density at radius 3 is 1.32 bits per heavy atom. The van der Waals surface area contributed by atoms with Crippen LogP contribution in [0, 0.1) is 0 Å². The SMILES string of the molecule is C(CCN(Cc1ccccc1)Cc1ccccc1)=C(c1ccccc1)c1ccccc1. The van der Waals surface area contributed by atoms with Gasteiger partial charge in [-0.15, -0.1) is 0 Å². The van der Waals surface area contributed by atoms with Gasteiger partial charge in [0.2, 0.25) is 0 Å². The second-order valence-corrected chi connectivity index (χ2v) is 7.82. The maximum absolute atomic E-state index is 2.54. The summed E-state index contributed by atoms with van der Waals surface area (Å²) in [6.45, 7) is 2.91. The Bertz CT molecular complexity index is 971. The molecule has 0 N–H and O–H groups in total. The Balaban J connectivity index is 1.53. The third kappa shape index (κ3) is 6.28. The van der Waals surface area contributed by atoms with Crippen LogP contribution in [-0.4, -0.2) is 11.4 Å². The first-order valence-electron chi connectivity index (χ1n) is 11.0. The second kappa shape index (κ2) is 11.1. The van der Waals surface area contributed by atoms with E-state index in [1.54, 1.807) is 0 Å². The molecule has 4 rings (SSSR count). The average molecular weight is 404 g/mol. The number of hydrogen-bond donors (Lipinski definition) is 0. The van der Waals surface area contributed by atoms with Gasteiger partial charge in [-0.3, -0.25) is 4.90 Å². The lowest BCUT2D eigenvalue weighted by molar-refractivity contribution is 0.262. The Morgan fingerprint density at radius 1 is 0.516 bits per heavy atom. The van der Waals surface area contributed by atoms with Crippen LogP contribution in [0.25, 0.3) is 5.57 Å². The van der Waals surface area contributed by atoms with Crippen molar-refractivity contribution in [1.82, 2.24) is 4.90 Å². The average Bonchev–Trinajstić information content (AvgIpc) is 2.84. The molecule has 0 aliphatic carbocycles. The van der Waals surface area contributed by atoms with E-state index in [2.05, 4.69) is 132 Å². The lowest BCUT2D eigenvalue weighted by atomic mass is 9.97. The molecule has 31 heavy (non-hydrogen) atoms. The molecular formula is C30H29N. The van der Waals surface area contributed by atoms with E-state index in [1.807, 2.05) is 0 Å². The van der Waals surface area contributed by atoms with Gasteiger partial charge in [-0.25, -0.2) is 0 Å². The largest absolute Gasteiger partial charge is 0.295 e. The number of rotatable bonds is 9. The van der Waals surface area contributed by atoms with E-state index in [-0.39, 0.29) is 0 Å². The predicted octanol–water partition coefficient (Wildman–Crippen LogP) is 7.21. The lowest BCUT2D eigenvalue weighted by Gasteiger charge is -2.22. The molecule has 154 valence electrons. The van der Waals surface area contributed by atoms with Gasteiger partial charge >= 0.3 is 0 Å². The molecule has 0 amide bonds. The van der Waals surface area contributed by atoms with Gasteiger partial charge in [0.05, 0.1) is 0 Å². The minimum Gasteiger partial charge on any atom is -0.295 e. The van der Waals surface area contributed by atoms with Crippen molar-refractivity contribution >= 4 is 5.57 Å². The first-order chi connectivity index (χ1) is 15.4. The maximum atomic E-state index is 2.54. The first-order valence-corrected chi connectivity index (χ1v) is 11.0. The molecule has 0 aliphatic rings. The topological polar surface area (TPSA) is 3.24 Å². The van der Waals surface area contributed by atoms with Crippen molar-refractivity contribution in [3.63, 3.8) is 0 Å². The molecule has 0 atom stereocenters. The molecule has 4 aromatic carbocycles. The van der Waals surface area contributed by atoms with Gasteiger partial charge < -0.3 is 0 Å². The summed E-state index contributed by atoms with van der Waals surface area (Å²) in [4.78, 5) is 2.54. The highest BCUT2D eigenvalue weighted by Gasteiger charge is 2.08. The van der Waals surface area contributed by atoms with Gasteiger partial charge in [0.1, 0.15) is 0 Å². The molecule has 0 spiro atoms. The number of nitrogens with zero attached hydrogens (tertiary/aromatic N) is 1. The molecule has 0 saturated heterocycles. The lowest BCUT2D eigenvalue weighted by Crippen LogP contribution is -2.23. The van der Waals surface area contributed by atoms with Crippen LogP contribution in [0.15, 0.2) is 127 Å². The zero-order chi connectivity index (χ0) is 21.1. The monoisotopic (exact) mass is 403 g/mol. The zero-order valence-corrected chi connectivity index (χ0v) is 17.9. The molecule has 0 radical (unpaired) electrons. The minimum absolute atomic E-state index is 0.954. The van der Waals surface area contributed by atoms with Crippen molar-refractivity contribution in [1.29, 1.82) is 0 Å². The predicted molar refractivity (Wildman–Crippen MR) is 132 cm³/mol. The van der Waals surface area contributed by atoms with Crippen molar-refractivity contribution in [2.75, 3.05) is 6.54 Å². The van der Waals surface area contributed by atoms with Crippen LogP contribution in [0.2, 0.25) is 0 Å². The summed E-state index contributed by atoms with van der Waals surface area (Å²) in [6, 6.07) is 42.9. The van der Waals surface area contributed by atoms with Crippen molar-refractivity contribution in [3.05, 3.63) is 150 Å². The molecule has 1 heteroatoms. The Labute approximate surface area is 186 Å². The molecule has 0 bridgehead atoms. The summed E-state index contributed by atoms with van der Waals surface area (Å²) in [5.74, 6) is 0. The summed E-state index contributed by atoms with van der Waals surface area (Å²) < 4.78 is 0. The van der Waals surface area contributed by atoms with E-state index in [9.17, 15) is 0 Å². The normalized spacial score (nSPS) is 10.7. The van der Waals surface area contributed by atoms with Crippen LogP contribution in [0.5, 0.6) is 0 Å². The van der Waals surface area contributed by atoms with Gasteiger partial charge in [-0.2, -0.15) is 0 Å². The fraction of sp³-hybridized carbons (Fsp3) is 0.133. The van der Waals surface area contributed by atoms with Crippen molar-refractivity contribution in [2.24, 2.45) is 0 Å². The molecule has 1 nitrogen and oxygen atoms in total. The molecule has 0 saturated carbocycles. The Morgan fingerprint density at radius 2 is 0.903 bits per heavy atom. The minimum atomic E-state index is 0.954. The fourth-order valence-electron chi connectivity index (χ4n) is 3.93. The summed E-state index contributed by atoms with van der Waals surface area (Å²) >= 11 is 0. The summed E-state index contributed by atoms with van der Waals surface area (Å²) in [6.07, 6.45) is 3.40. The highest BCUT2D eigenvalue weighted by Crippen LogP contribution is 2.24. The molecule has 0 aromatic heterocycles. The second-order valence-electron chi connectivity index (χ2n) is 7.82. The standard InChI is InChI=1S/C30H29N/c1-5-14-26(15-6-1)24-31(25-27-16-7-2-8-17-27)23-13-22-30(28-18-9-3-10-19-28)29-20-11-4-12-21-29/h1-12,14-22H,13,23-25H2. The van der Waals surface area contributed by atoms with Crippen LogP contribution in [-0.2, 0) is 13.1 Å². The van der Waals surface area contributed by atoms with Crippen molar-refractivity contribution in [2.45, 2.75) is 19.5 Å². The van der Waals surface area contributed by atoms with Gasteiger partial charge in [0, 0.05) is 19.6 Å². The third-order valence-corrected chi connectivity index (χ3v) is 5.46. The molecular weight excluding hydrogens is 374 g/mol. The Hall–Kier alpha value is -3.42. The third-order valence-electron chi connectivity index (χ3n) is 5.46. The molecule has 0 unspecified atom stereocenters. The van der Waals surface area contributed by atoms with Gasteiger partial charge in [-0.05, 0) is 34.2 Å². The maximum Gasteiger partial charge on any atom is 0.0237 e. The highest BCUT2D eigenvalue weighted by atomic mass is 15.1. The molecule has 0 heterocycles. The number of hydrogen-bond acceptors (Lipinski definition) is 1. The van der Waals surface area contributed by atoms with Crippen LogP contribution < -0.4 is 0 Å². The molecule has 0 fully saturated rings. The van der Waals surface area contributed by atoms with Crippen LogP contribution in [0.3, 0.4) is 0 Å². The van der Waals surface area contributed by atoms with E-state index in [0.717, 1.165) is 26.1 Å². The summed E-state index contributed by atoms with van der Waals surface area (Å²) in [5.41, 5.74) is 6.56. The van der Waals surface area contributed by atoms with E-state index in [1.165, 1.54) is 27.8 Å². The molecule has 4 aromatic rings. The van der Waals surface area contributed by atoms with Crippen LogP contribution >= 0.6 is 0 Å². The Kier molecular flexibility index (Phi) is 7.46. The zero-order valence-electron chi connectivity index (χ0n) is 17.9. The van der Waals surface area contributed by atoms with Crippen molar-refractivity contribution < 1.29 is 0 Å². The number of benzene rings is 4. The van der Waals surface area contributed by atoms with E-state index in [4.69, 9.17) is 0 Å². The van der Waals surface area contributed by atoms with Gasteiger partial charge in [0.25, 0.3) is 0 Å².